The van der Waals surface area contributed by atoms with E-state index in [0.717, 1.165) is 21.6 Å². The Bertz CT molecular complexity index is 725. The van der Waals surface area contributed by atoms with Crippen LogP contribution >= 0.6 is 0 Å². The van der Waals surface area contributed by atoms with Crippen LogP contribution in [0.5, 0.6) is 0 Å². The lowest BCUT2D eigenvalue weighted by Gasteiger charge is -2.18. The number of nitrogens with zero attached hydrogens (tertiary/aromatic N) is 2. The molecule has 1 fully saturated rings. The lowest BCUT2D eigenvalue weighted by atomic mass is 9.93. The van der Waals surface area contributed by atoms with Gasteiger partial charge in [0, 0.05) is 5.56 Å². The molecule has 2 aliphatic heterocycles. The van der Waals surface area contributed by atoms with Crippen molar-refractivity contribution in [2.75, 3.05) is 0 Å². The molecule has 2 aromatic carbocycles. The topological polar surface area (TPSA) is 41.6 Å². The maximum absolute atomic E-state index is 13.0. The second-order valence-electron chi connectivity index (χ2n) is 5.93. The lowest BCUT2D eigenvalue weighted by Crippen LogP contribution is -2.39. The molecule has 4 heteroatoms. The van der Waals surface area contributed by atoms with Crippen molar-refractivity contribution >= 4 is 5.71 Å². The van der Waals surface area contributed by atoms with E-state index in [4.69, 9.17) is 4.84 Å². The first-order chi connectivity index (χ1) is 10.1. The van der Waals surface area contributed by atoms with Crippen LogP contribution in [0.15, 0.2) is 60.7 Å². The maximum Gasteiger partial charge on any atom is 0.409 e. The van der Waals surface area contributed by atoms with E-state index >= 15 is 0 Å². The normalized spacial score (nSPS) is 29.3. The largest absolute Gasteiger partial charge is 0.620 e. The molecule has 0 amide bonds. The minimum atomic E-state index is -1.00. The Morgan fingerprint density at radius 3 is 2.14 bits per heavy atom. The van der Waals surface area contributed by atoms with Crippen LogP contribution in [0.3, 0.4) is 0 Å². The standard InChI is InChI=1S/C17H16N2O2/c1-16(2)15(13-9-5-3-6-10-13)18(20)17(19(16)21-17)14-11-7-4-8-12-14/h3-12H,1-2H3. The third-order valence-electron chi connectivity index (χ3n) is 4.22. The molecule has 4 nitrogen and oxygen atoms in total. The van der Waals surface area contributed by atoms with Crippen molar-refractivity contribution in [3.05, 3.63) is 77.0 Å². The van der Waals surface area contributed by atoms with Crippen molar-refractivity contribution < 1.29 is 9.58 Å². The SMILES string of the molecule is CC1(C)C(c2ccccc2)=[N+]([O-])C2(c3ccccc3)ON12. The molecule has 2 aromatic rings. The highest BCUT2D eigenvalue weighted by molar-refractivity contribution is 6.04. The molecule has 0 spiro atoms. The molecular weight excluding hydrogens is 264 g/mol. The van der Waals surface area contributed by atoms with E-state index in [1.165, 1.54) is 0 Å². The van der Waals surface area contributed by atoms with Crippen molar-refractivity contribution in [1.82, 2.24) is 5.06 Å². The maximum atomic E-state index is 13.0. The van der Waals surface area contributed by atoms with Gasteiger partial charge in [-0.3, -0.25) is 0 Å². The molecular formula is C17H16N2O2. The molecule has 0 radical (unpaired) electrons. The van der Waals surface area contributed by atoms with Crippen LogP contribution in [0.1, 0.15) is 25.0 Å². The third-order valence-corrected chi connectivity index (χ3v) is 4.22. The predicted octanol–water partition coefficient (Wildman–Crippen LogP) is 2.84. The van der Waals surface area contributed by atoms with Crippen molar-refractivity contribution in [2.45, 2.75) is 25.2 Å². The predicted molar refractivity (Wildman–Crippen MR) is 79.3 cm³/mol. The van der Waals surface area contributed by atoms with Crippen LogP contribution in [0, 0.1) is 5.21 Å². The summed E-state index contributed by atoms with van der Waals surface area (Å²) >= 11 is 0. The van der Waals surface area contributed by atoms with Crippen LogP contribution in [-0.2, 0) is 10.7 Å². The zero-order valence-corrected chi connectivity index (χ0v) is 12.0. The van der Waals surface area contributed by atoms with E-state index in [2.05, 4.69) is 0 Å². The molecule has 4 rings (SSSR count). The van der Waals surface area contributed by atoms with Gasteiger partial charge in [-0.2, -0.15) is 9.58 Å². The molecule has 21 heavy (non-hydrogen) atoms. The monoisotopic (exact) mass is 280 g/mol. The smallest absolute Gasteiger partial charge is 0.409 e. The summed E-state index contributed by atoms with van der Waals surface area (Å²) in [4.78, 5) is 5.73. The van der Waals surface area contributed by atoms with Gasteiger partial charge < -0.3 is 5.21 Å². The van der Waals surface area contributed by atoms with E-state index in [0.29, 0.717) is 0 Å². The molecule has 2 aliphatic rings. The van der Waals surface area contributed by atoms with Gasteiger partial charge in [0.1, 0.15) is 5.54 Å². The second-order valence-corrected chi connectivity index (χ2v) is 5.93. The van der Waals surface area contributed by atoms with Crippen molar-refractivity contribution in [2.24, 2.45) is 0 Å². The summed E-state index contributed by atoms with van der Waals surface area (Å²) < 4.78 is 1.01. The minimum Gasteiger partial charge on any atom is -0.620 e. The highest BCUT2D eigenvalue weighted by Crippen LogP contribution is 2.55. The van der Waals surface area contributed by atoms with Gasteiger partial charge in [0.25, 0.3) is 0 Å². The number of hydroxylamine groups is 3. The Balaban J connectivity index is 1.91. The van der Waals surface area contributed by atoms with Crippen LogP contribution < -0.4 is 0 Å². The Morgan fingerprint density at radius 2 is 1.52 bits per heavy atom. The second kappa shape index (κ2) is 3.93. The number of benzene rings is 2. The average molecular weight is 280 g/mol. The van der Waals surface area contributed by atoms with Gasteiger partial charge >= 0.3 is 5.85 Å². The van der Waals surface area contributed by atoms with Crippen LogP contribution in [0.2, 0.25) is 0 Å². The summed E-state index contributed by atoms with van der Waals surface area (Å²) in [5, 5.41) is 14.8. The number of hydrogen-bond donors (Lipinski definition) is 0. The summed E-state index contributed by atoms with van der Waals surface area (Å²) in [7, 11) is 0. The fraction of sp³-hybridized carbons (Fsp3) is 0.235. The molecule has 0 N–H and O–H groups in total. The number of hydrogen-bond acceptors (Lipinski definition) is 3. The molecule has 0 aromatic heterocycles. The van der Waals surface area contributed by atoms with Crippen molar-refractivity contribution in [3.63, 3.8) is 0 Å². The first kappa shape index (κ1) is 12.6. The van der Waals surface area contributed by atoms with E-state index in [1.54, 1.807) is 5.06 Å². The van der Waals surface area contributed by atoms with Crippen LogP contribution in [0.25, 0.3) is 0 Å². The molecule has 2 atom stereocenters. The summed E-state index contributed by atoms with van der Waals surface area (Å²) in [5.74, 6) is -1.00. The Kier molecular flexibility index (Phi) is 2.35. The van der Waals surface area contributed by atoms with Gasteiger partial charge in [0.05, 0.1) is 5.56 Å². The summed E-state index contributed by atoms with van der Waals surface area (Å²) in [6.07, 6.45) is 0. The third kappa shape index (κ3) is 1.49. The molecule has 106 valence electrons. The van der Waals surface area contributed by atoms with E-state index < -0.39 is 11.4 Å². The van der Waals surface area contributed by atoms with E-state index in [9.17, 15) is 5.21 Å². The van der Waals surface area contributed by atoms with Gasteiger partial charge in [0.15, 0.2) is 0 Å². The number of rotatable bonds is 2. The van der Waals surface area contributed by atoms with Gasteiger partial charge in [-0.15, -0.1) is 0 Å². The quantitative estimate of drug-likeness (QED) is 0.482. The van der Waals surface area contributed by atoms with E-state index in [-0.39, 0.29) is 0 Å². The average Bonchev–Trinajstić information content (AvgIpc) is 3.23. The zero-order valence-electron chi connectivity index (χ0n) is 12.0. The molecule has 0 aliphatic carbocycles. The molecule has 0 saturated carbocycles. The highest BCUT2D eigenvalue weighted by atomic mass is 16.9. The highest BCUT2D eigenvalue weighted by Gasteiger charge is 2.79. The molecule has 1 saturated heterocycles. The minimum absolute atomic E-state index is 0.473. The molecule has 2 unspecified atom stereocenters. The Hall–Kier alpha value is -2.17. The fourth-order valence-electron chi connectivity index (χ4n) is 3.22. The van der Waals surface area contributed by atoms with Gasteiger partial charge in [-0.25, -0.2) is 0 Å². The molecule has 0 bridgehead atoms. The van der Waals surface area contributed by atoms with Crippen molar-refractivity contribution in [3.8, 4) is 0 Å². The fourth-order valence-corrected chi connectivity index (χ4v) is 3.22. The molecule has 2 heterocycles. The first-order valence-corrected chi connectivity index (χ1v) is 7.04. The first-order valence-electron chi connectivity index (χ1n) is 7.04. The zero-order chi connectivity index (χ0) is 14.7. The summed E-state index contributed by atoms with van der Waals surface area (Å²) in [6, 6.07) is 19.4. The Morgan fingerprint density at radius 1 is 0.952 bits per heavy atom. The Labute approximate surface area is 123 Å². The summed E-state index contributed by atoms with van der Waals surface area (Å²) in [5.41, 5.74) is 2.06. The van der Waals surface area contributed by atoms with Crippen LogP contribution in [0.4, 0.5) is 0 Å². The summed E-state index contributed by atoms with van der Waals surface area (Å²) in [6.45, 7) is 4.02. The van der Waals surface area contributed by atoms with Gasteiger partial charge in [-0.1, -0.05) is 41.5 Å². The van der Waals surface area contributed by atoms with Crippen LogP contribution in [-0.4, -0.2) is 21.1 Å². The van der Waals surface area contributed by atoms with Crippen molar-refractivity contribution in [1.29, 1.82) is 0 Å². The van der Waals surface area contributed by atoms with E-state index in [1.807, 2.05) is 74.5 Å². The van der Waals surface area contributed by atoms with Gasteiger partial charge in [-0.05, 0) is 38.1 Å². The van der Waals surface area contributed by atoms with Gasteiger partial charge in [0.2, 0.25) is 5.71 Å². The lowest BCUT2D eigenvalue weighted by molar-refractivity contribution is -0.552. The number of fused-ring (bicyclic) bond motifs is 1.